The third-order valence-electron chi connectivity index (χ3n) is 2.68. The average molecular weight is 282 g/mol. The smallest absolute Gasteiger partial charge is 0.323 e. The number of carboxylic acid groups (broad SMARTS) is 1. The third kappa shape index (κ3) is 4.56. The zero-order chi connectivity index (χ0) is 15.3. The van der Waals surface area contributed by atoms with Crippen molar-refractivity contribution in [2.45, 2.75) is 27.2 Å². The summed E-state index contributed by atoms with van der Waals surface area (Å²) in [5, 5.41) is 15.8. The minimum absolute atomic E-state index is 0.194. The maximum atomic E-state index is 12.2. The molecule has 0 spiro atoms. The van der Waals surface area contributed by atoms with Crippen LogP contribution in [-0.2, 0) is 18.3 Å². The number of rotatable bonds is 6. The van der Waals surface area contributed by atoms with Gasteiger partial charge in [0, 0.05) is 19.8 Å². The Balaban J connectivity index is 2.81. The molecule has 0 aliphatic carbocycles. The summed E-state index contributed by atoms with van der Waals surface area (Å²) in [6, 6.07) is -0.413. The molecule has 0 aromatic carbocycles. The van der Waals surface area contributed by atoms with Gasteiger partial charge in [0.05, 0.1) is 11.4 Å². The van der Waals surface area contributed by atoms with Crippen LogP contribution >= 0.6 is 0 Å². The van der Waals surface area contributed by atoms with E-state index in [4.69, 9.17) is 5.11 Å². The van der Waals surface area contributed by atoms with Gasteiger partial charge in [0.1, 0.15) is 6.54 Å². The maximum Gasteiger partial charge on any atom is 0.323 e. The summed E-state index contributed by atoms with van der Waals surface area (Å²) in [7, 11) is 1.78. The topological polar surface area (TPSA) is 87.5 Å². The van der Waals surface area contributed by atoms with Crippen LogP contribution in [-0.4, -0.2) is 44.9 Å². The van der Waals surface area contributed by atoms with Gasteiger partial charge >= 0.3 is 12.0 Å². The highest BCUT2D eigenvalue weighted by Crippen LogP contribution is 2.14. The molecule has 1 aromatic heterocycles. The first kappa shape index (κ1) is 16.0. The molecule has 2 amide bonds. The van der Waals surface area contributed by atoms with Gasteiger partial charge in [-0.3, -0.25) is 9.48 Å². The number of aryl methyl sites for hydroxylation is 2. The molecule has 0 bridgehead atoms. The van der Waals surface area contributed by atoms with Crippen molar-refractivity contribution in [2.24, 2.45) is 13.0 Å². The second-order valence-electron chi connectivity index (χ2n) is 5.11. The van der Waals surface area contributed by atoms with Crippen molar-refractivity contribution in [1.82, 2.24) is 14.7 Å². The second kappa shape index (κ2) is 6.93. The molecule has 0 radical (unpaired) electrons. The number of aromatic nitrogens is 2. The summed E-state index contributed by atoms with van der Waals surface area (Å²) in [6.07, 6.45) is 2.41. The zero-order valence-corrected chi connectivity index (χ0v) is 12.4. The van der Waals surface area contributed by atoms with Crippen LogP contribution in [0.1, 0.15) is 26.5 Å². The number of nitrogens with one attached hydrogen (secondary N) is 1. The van der Waals surface area contributed by atoms with E-state index >= 15 is 0 Å². The number of hydrogen-bond donors (Lipinski definition) is 2. The van der Waals surface area contributed by atoms with Crippen LogP contribution in [0.4, 0.5) is 10.5 Å². The largest absolute Gasteiger partial charge is 0.480 e. The van der Waals surface area contributed by atoms with Crippen LogP contribution in [0.3, 0.4) is 0 Å². The highest BCUT2D eigenvalue weighted by atomic mass is 16.4. The monoisotopic (exact) mass is 282 g/mol. The SMILES string of the molecule is CCc1nn(C)cc1NC(=O)N(CC(=O)O)CC(C)C. The van der Waals surface area contributed by atoms with Gasteiger partial charge in [0.25, 0.3) is 0 Å². The Morgan fingerprint density at radius 3 is 2.65 bits per heavy atom. The van der Waals surface area contributed by atoms with Crippen molar-refractivity contribution < 1.29 is 14.7 Å². The Kier molecular flexibility index (Phi) is 5.54. The first-order chi connectivity index (χ1) is 9.33. The van der Waals surface area contributed by atoms with Gasteiger partial charge < -0.3 is 15.3 Å². The van der Waals surface area contributed by atoms with E-state index in [1.165, 1.54) is 4.90 Å². The molecule has 0 saturated heterocycles. The molecule has 112 valence electrons. The van der Waals surface area contributed by atoms with Crippen LogP contribution in [0.15, 0.2) is 6.20 Å². The van der Waals surface area contributed by atoms with E-state index in [9.17, 15) is 9.59 Å². The van der Waals surface area contributed by atoms with Crippen molar-refractivity contribution in [3.63, 3.8) is 0 Å². The number of urea groups is 1. The molecule has 2 N–H and O–H groups in total. The maximum absolute atomic E-state index is 12.2. The van der Waals surface area contributed by atoms with Gasteiger partial charge in [-0.05, 0) is 12.3 Å². The highest BCUT2D eigenvalue weighted by molar-refractivity contribution is 5.91. The predicted octanol–water partition coefficient (Wildman–Crippen LogP) is 1.56. The normalized spacial score (nSPS) is 10.7. The Hall–Kier alpha value is -2.05. The molecule has 1 aromatic rings. The van der Waals surface area contributed by atoms with Crippen molar-refractivity contribution in [3.8, 4) is 0 Å². The van der Waals surface area contributed by atoms with Crippen LogP contribution in [0.2, 0.25) is 0 Å². The standard InChI is InChI=1S/C13H22N4O3/c1-5-10-11(7-16(4)15-10)14-13(20)17(6-9(2)3)8-12(18)19/h7,9H,5-6,8H2,1-4H3,(H,14,20)(H,18,19). The van der Waals surface area contributed by atoms with Crippen molar-refractivity contribution in [3.05, 3.63) is 11.9 Å². The third-order valence-corrected chi connectivity index (χ3v) is 2.68. The average Bonchev–Trinajstić information content (AvgIpc) is 2.67. The minimum atomic E-state index is -1.03. The number of amides is 2. The summed E-state index contributed by atoms with van der Waals surface area (Å²) in [6.45, 7) is 5.89. The molecule has 0 aliphatic rings. The number of carbonyl (C=O) groups is 2. The lowest BCUT2D eigenvalue weighted by molar-refractivity contribution is -0.137. The molecular formula is C13H22N4O3. The van der Waals surface area contributed by atoms with Crippen molar-refractivity contribution in [1.29, 1.82) is 0 Å². The molecule has 20 heavy (non-hydrogen) atoms. The molecule has 0 atom stereocenters. The molecule has 7 heteroatoms. The summed E-state index contributed by atoms with van der Waals surface area (Å²) >= 11 is 0. The van der Waals surface area contributed by atoms with Crippen LogP contribution in [0.5, 0.6) is 0 Å². The summed E-state index contributed by atoms with van der Waals surface area (Å²) < 4.78 is 1.62. The fourth-order valence-corrected chi connectivity index (χ4v) is 1.92. The number of anilines is 1. The molecule has 0 unspecified atom stereocenters. The molecule has 7 nitrogen and oxygen atoms in total. The summed E-state index contributed by atoms with van der Waals surface area (Å²) in [4.78, 5) is 24.3. The van der Waals surface area contributed by atoms with Gasteiger partial charge in [-0.25, -0.2) is 4.79 Å². The van der Waals surface area contributed by atoms with Gasteiger partial charge in [0.15, 0.2) is 0 Å². The van der Waals surface area contributed by atoms with Crippen molar-refractivity contribution >= 4 is 17.7 Å². The van der Waals surface area contributed by atoms with E-state index in [-0.39, 0.29) is 12.5 Å². The molecule has 0 aliphatic heterocycles. The lowest BCUT2D eigenvalue weighted by Crippen LogP contribution is -2.41. The molecule has 1 heterocycles. The Morgan fingerprint density at radius 1 is 1.50 bits per heavy atom. The lowest BCUT2D eigenvalue weighted by atomic mass is 10.2. The molecular weight excluding hydrogens is 260 g/mol. The highest BCUT2D eigenvalue weighted by Gasteiger charge is 2.19. The van der Waals surface area contributed by atoms with Crippen LogP contribution < -0.4 is 5.32 Å². The molecule has 0 saturated carbocycles. The fraction of sp³-hybridized carbons (Fsp3) is 0.615. The Labute approximate surface area is 118 Å². The number of carbonyl (C=O) groups excluding carboxylic acids is 1. The molecule has 0 fully saturated rings. The van der Waals surface area contributed by atoms with Crippen molar-refractivity contribution in [2.75, 3.05) is 18.4 Å². The summed E-state index contributed by atoms with van der Waals surface area (Å²) in [5.74, 6) is -0.831. The number of nitrogens with zero attached hydrogens (tertiary/aromatic N) is 3. The van der Waals surface area contributed by atoms with E-state index in [1.54, 1.807) is 17.9 Å². The number of carboxylic acids is 1. The summed E-state index contributed by atoms with van der Waals surface area (Å²) in [5.41, 5.74) is 1.40. The van der Waals surface area contributed by atoms with Gasteiger partial charge in [-0.2, -0.15) is 5.10 Å². The Bertz CT molecular complexity index is 482. The van der Waals surface area contributed by atoms with E-state index in [0.29, 0.717) is 18.7 Å². The van der Waals surface area contributed by atoms with Crippen LogP contribution in [0, 0.1) is 5.92 Å². The minimum Gasteiger partial charge on any atom is -0.480 e. The molecule has 1 rings (SSSR count). The second-order valence-corrected chi connectivity index (χ2v) is 5.11. The van der Waals surface area contributed by atoms with E-state index in [0.717, 1.165) is 5.69 Å². The quantitative estimate of drug-likeness (QED) is 0.828. The number of hydrogen-bond acceptors (Lipinski definition) is 3. The number of aliphatic carboxylic acids is 1. The first-order valence-electron chi connectivity index (χ1n) is 6.63. The van der Waals surface area contributed by atoms with E-state index in [1.807, 2.05) is 20.8 Å². The van der Waals surface area contributed by atoms with Gasteiger partial charge in [-0.15, -0.1) is 0 Å². The van der Waals surface area contributed by atoms with E-state index in [2.05, 4.69) is 10.4 Å². The predicted molar refractivity (Wildman–Crippen MR) is 75.7 cm³/mol. The van der Waals surface area contributed by atoms with E-state index < -0.39 is 12.0 Å². The van der Waals surface area contributed by atoms with Crippen LogP contribution in [0.25, 0.3) is 0 Å². The first-order valence-corrected chi connectivity index (χ1v) is 6.63. The fourth-order valence-electron chi connectivity index (χ4n) is 1.92. The Morgan fingerprint density at radius 2 is 2.15 bits per heavy atom. The van der Waals surface area contributed by atoms with Gasteiger partial charge in [0.2, 0.25) is 0 Å². The lowest BCUT2D eigenvalue weighted by Gasteiger charge is -2.22. The zero-order valence-electron chi connectivity index (χ0n) is 12.4. The van der Waals surface area contributed by atoms with Gasteiger partial charge in [-0.1, -0.05) is 20.8 Å².